The van der Waals surface area contributed by atoms with Crippen LogP contribution in [0, 0.1) is 6.92 Å². The van der Waals surface area contributed by atoms with Gasteiger partial charge < -0.3 is 19.7 Å². The minimum Gasteiger partial charge on any atom is -0.490 e. The predicted octanol–water partition coefficient (Wildman–Crippen LogP) is 6.88. The molecule has 2 aromatic heterocycles. The third kappa shape index (κ3) is 7.87. The topological polar surface area (TPSA) is 121 Å². The van der Waals surface area contributed by atoms with Crippen molar-refractivity contribution in [3.05, 3.63) is 164 Å². The molecule has 1 aliphatic heterocycles. The largest absolute Gasteiger partial charge is 0.490 e. The minimum absolute atomic E-state index is 0.00954. The number of rotatable bonds is 12. The fourth-order valence-corrected chi connectivity index (χ4v) is 7.11. The molecule has 1 saturated carbocycles. The van der Waals surface area contributed by atoms with Gasteiger partial charge in [0.1, 0.15) is 11.4 Å². The van der Waals surface area contributed by atoms with E-state index in [1.54, 1.807) is 46.1 Å². The summed E-state index contributed by atoms with van der Waals surface area (Å²) in [5, 5.41) is 3.07. The van der Waals surface area contributed by atoms with Crippen LogP contribution in [-0.4, -0.2) is 54.6 Å². The number of fused-ring (bicyclic) bond motifs is 1. The van der Waals surface area contributed by atoms with Gasteiger partial charge in [0.05, 0.1) is 49.8 Å². The summed E-state index contributed by atoms with van der Waals surface area (Å²) in [5.74, 6) is 0.557. The molecule has 11 nitrogen and oxygen atoms in total. The first-order chi connectivity index (χ1) is 26.8. The first-order valence-electron chi connectivity index (χ1n) is 18.3. The van der Waals surface area contributed by atoms with Gasteiger partial charge >= 0.3 is 5.69 Å². The first kappa shape index (κ1) is 36.1. The Morgan fingerprint density at radius 2 is 1.65 bits per heavy atom. The van der Waals surface area contributed by atoms with Gasteiger partial charge in [-0.3, -0.25) is 18.7 Å². The van der Waals surface area contributed by atoms with E-state index >= 15 is 0 Å². The van der Waals surface area contributed by atoms with Crippen LogP contribution in [0.25, 0.3) is 17.1 Å². The van der Waals surface area contributed by atoms with Crippen LogP contribution < -0.4 is 15.7 Å². The molecule has 1 fully saturated rings. The minimum atomic E-state index is -0.496. The highest BCUT2D eigenvalue weighted by molar-refractivity contribution is 9.10. The van der Waals surface area contributed by atoms with E-state index in [4.69, 9.17) is 9.47 Å². The second-order valence-electron chi connectivity index (χ2n) is 13.8. The highest BCUT2D eigenvalue weighted by atomic mass is 79.9. The number of halogens is 1. The zero-order valence-electron chi connectivity index (χ0n) is 30.2. The van der Waals surface area contributed by atoms with Crippen LogP contribution in [0.3, 0.4) is 0 Å². The molecule has 2 amide bonds. The molecule has 55 heavy (non-hydrogen) atoms. The molecular formula is C43H39BrN6O5. The van der Waals surface area contributed by atoms with Crippen molar-refractivity contribution in [2.45, 2.75) is 58.2 Å². The molecule has 0 spiro atoms. The van der Waals surface area contributed by atoms with Gasteiger partial charge in [-0.2, -0.15) is 0 Å². The van der Waals surface area contributed by atoms with E-state index < -0.39 is 11.9 Å². The number of amides is 2. The second kappa shape index (κ2) is 15.9. The molecule has 0 radical (unpaired) electrons. The van der Waals surface area contributed by atoms with E-state index in [0.717, 1.165) is 39.6 Å². The van der Waals surface area contributed by atoms with Gasteiger partial charge in [-0.15, -0.1) is 0 Å². The molecule has 12 heteroatoms. The molecule has 1 atom stereocenters. The van der Waals surface area contributed by atoms with Gasteiger partial charge in [-0.25, -0.2) is 14.8 Å². The highest BCUT2D eigenvalue weighted by Gasteiger charge is 2.37. The zero-order valence-corrected chi connectivity index (χ0v) is 31.8. The standard InChI is InChI=1S/C43H39BrN6O5/c1-28-22-30(12-19-37(28)44)42(52)48-25-38-39(41(51)47-23-31-10-5-6-11-36(31)40-45-20-7-21-46-40)50(32-13-15-34(16-14-32)55-35-17-18-35)43(53)49(38)24-33(48)27-54-26-29-8-3-2-4-9-29/h2-16,19-22,33,35H,17-18,23-27H2,1H3,(H,47,51)/t33-/m0/s1. The van der Waals surface area contributed by atoms with Crippen molar-refractivity contribution < 1.29 is 19.1 Å². The number of aryl methyl sites for hydroxylation is 1. The maximum absolute atomic E-state index is 14.5. The van der Waals surface area contributed by atoms with Crippen molar-refractivity contribution in [3.8, 4) is 22.8 Å². The van der Waals surface area contributed by atoms with Gasteiger partial charge in [-0.05, 0) is 85.0 Å². The van der Waals surface area contributed by atoms with Crippen molar-refractivity contribution in [2.24, 2.45) is 0 Å². The Morgan fingerprint density at radius 3 is 2.40 bits per heavy atom. The number of carbonyl (C=O) groups is 2. The van der Waals surface area contributed by atoms with Crippen molar-refractivity contribution in [2.75, 3.05) is 6.61 Å². The summed E-state index contributed by atoms with van der Waals surface area (Å²) in [4.78, 5) is 54.0. The molecule has 2 aliphatic rings. The summed E-state index contributed by atoms with van der Waals surface area (Å²) in [6, 6.07) is 31.4. The fourth-order valence-electron chi connectivity index (χ4n) is 6.86. The molecule has 1 N–H and O–H groups in total. The van der Waals surface area contributed by atoms with Gasteiger partial charge in [0.2, 0.25) is 0 Å². The molecular weight excluding hydrogens is 760 g/mol. The fraction of sp³-hybridized carbons (Fsp3) is 0.233. The van der Waals surface area contributed by atoms with Crippen LogP contribution >= 0.6 is 15.9 Å². The number of nitrogens with one attached hydrogen (secondary N) is 1. The van der Waals surface area contributed by atoms with E-state index in [2.05, 4.69) is 31.2 Å². The lowest BCUT2D eigenvalue weighted by Gasteiger charge is -2.36. The molecule has 8 rings (SSSR count). The summed E-state index contributed by atoms with van der Waals surface area (Å²) in [5.41, 5.74) is 4.72. The van der Waals surface area contributed by atoms with E-state index in [9.17, 15) is 14.4 Å². The average Bonchev–Trinajstić information content (AvgIpc) is 3.99. The lowest BCUT2D eigenvalue weighted by atomic mass is 10.1. The number of carbonyl (C=O) groups excluding carboxylic acids is 2. The Hall–Kier alpha value is -5.85. The molecule has 0 saturated heterocycles. The normalized spacial score (nSPS) is 15.0. The number of benzene rings is 4. The summed E-state index contributed by atoms with van der Waals surface area (Å²) in [6.07, 6.45) is 5.59. The van der Waals surface area contributed by atoms with Gasteiger partial charge in [0, 0.05) is 34.5 Å². The second-order valence-corrected chi connectivity index (χ2v) is 14.7. The molecule has 3 heterocycles. The van der Waals surface area contributed by atoms with Crippen molar-refractivity contribution in [3.63, 3.8) is 0 Å². The average molecular weight is 800 g/mol. The summed E-state index contributed by atoms with van der Waals surface area (Å²) >= 11 is 3.55. The monoisotopic (exact) mass is 798 g/mol. The smallest absolute Gasteiger partial charge is 0.333 e. The number of hydrogen-bond donors (Lipinski definition) is 1. The zero-order chi connectivity index (χ0) is 37.9. The molecule has 6 aromatic rings. The van der Waals surface area contributed by atoms with E-state index in [0.29, 0.717) is 35.1 Å². The van der Waals surface area contributed by atoms with Gasteiger partial charge in [-0.1, -0.05) is 70.5 Å². The van der Waals surface area contributed by atoms with Crippen molar-refractivity contribution in [1.82, 2.24) is 29.3 Å². The van der Waals surface area contributed by atoms with E-state index in [-0.39, 0.29) is 49.6 Å². The SMILES string of the molecule is Cc1cc(C(=O)N2Cc3c(C(=O)NCc4ccccc4-c4ncccn4)n(-c4ccc(OC5CC5)cc4)c(=O)n3C[C@H]2COCc2ccccc2)ccc1Br. The Kier molecular flexibility index (Phi) is 10.4. The Bertz CT molecular complexity index is 2390. The summed E-state index contributed by atoms with van der Waals surface area (Å²) in [7, 11) is 0. The molecule has 1 aliphatic carbocycles. The summed E-state index contributed by atoms with van der Waals surface area (Å²) < 4.78 is 16.1. The van der Waals surface area contributed by atoms with E-state index in [1.165, 1.54) is 4.57 Å². The maximum atomic E-state index is 14.5. The first-order valence-corrected chi connectivity index (χ1v) is 19.1. The number of aromatic nitrogens is 4. The van der Waals surface area contributed by atoms with Crippen LogP contribution in [0.4, 0.5) is 0 Å². The Morgan fingerprint density at radius 1 is 0.909 bits per heavy atom. The van der Waals surface area contributed by atoms with Crippen LogP contribution in [0.2, 0.25) is 0 Å². The number of nitrogens with zero attached hydrogens (tertiary/aromatic N) is 5. The number of hydrogen-bond acceptors (Lipinski definition) is 7. The maximum Gasteiger partial charge on any atom is 0.333 e. The van der Waals surface area contributed by atoms with Crippen LogP contribution in [0.15, 0.2) is 125 Å². The summed E-state index contributed by atoms with van der Waals surface area (Å²) in [6.45, 7) is 2.75. The molecule has 0 unspecified atom stereocenters. The van der Waals surface area contributed by atoms with Crippen LogP contribution in [-0.2, 0) is 31.0 Å². The molecule has 0 bridgehead atoms. The Labute approximate surface area is 326 Å². The number of ether oxygens (including phenoxy) is 2. The predicted molar refractivity (Wildman–Crippen MR) is 211 cm³/mol. The van der Waals surface area contributed by atoms with Crippen LogP contribution in [0.1, 0.15) is 56.1 Å². The molecule has 4 aromatic carbocycles. The quantitative estimate of drug-likeness (QED) is 0.143. The Balaban J connectivity index is 1.17. The third-order valence-electron chi connectivity index (χ3n) is 9.89. The van der Waals surface area contributed by atoms with Crippen molar-refractivity contribution in [1.29, 1.82) is 0 Å². The molecule has 278 valence electrons. The van der Waals surface area contributed by atoms with Crippen LogP contribution in [0.5, 0.6) is 5.75 Å². The van der Waals surface area contributed by atoms with Gasteiger partial charge in [0.15, 0.2) is 5.82 Å². The number of imidazole rings is 1. The van der Waals surface area contributed by atoms with Gasteiger partial charge in [0.25, 0.3) is 11.8 Å². The third-order valence-corrected chi connectivity index (χ3v) is 10.8. The van der Waals surface area contributed by atoms with E-state index in [1.807, 2.05) is 85.8 Å². The van der Waals surface area contributed by atoms with Crippen molar-refractivity contribution >= 4 is 27.7 Å². The lowest BCUT2D eigenvalue weighted by Crippen LogP contribution is -2.50. The lowest BCUT2D eigenvalue weighted by molar-refractivity contribution is 0.0232. The highest BCUT2D eigenvalue weighted by Crippen LogP contribution is 2.30.